The van der Waals surface area contributed by atoms with Crippen LogP contribution in [-0.2, 0) is 0 Å². The molecule has 0 saturated heterocycles. The molecule has 0 aliphatic carbocycles. The Kier molecular flexibility index (Phi) is 5.57. The highest BCUT2D eigenvalue weighted by atomic mass is 16.5. The molecule has 0 aliphatic heterocycles. The Bertz CT molecular complexity index is 1320. The van der Waals surface area contributed by atoms with E-state index in [1.54, 1.807) is 22.9 Å². The number of nitrogens with zero attached hydrogens (tertiary/aromatic N) is 3. The molecule has 1 amide bonds. The third kappa shape index (κ3) is 3.77. The molecular weight excluding hydrogens is 404 g/mol. The number of carbonyl (C=O) groups excluding carboxylic acids is 1. The maximum Gasteiger partial charge on any atom is 0.264 e. The predicted molar refractivity (Wildman–Crippen MR) is 125 cm³/mol. The van der Waals surface area contributed by atoms with Crippen LogP contribution in [0.25, 0.3) is 16.7 Å². The van der Waals surface area contributed by atoms with Crippen LogP contribution in [0.5, 0.6) is 11.5 Å². The number of benzene rings is 2. The van der Waals surface area contributed by atoms with Crippen molar-refractivity contribution in [1.82, 2.24) is 14.8 Å². The lowest BCUT2D eigenvalue weighted by Crippen LogP contribution is -2.17. The molecule has 2 aromatic heterocycles. The van der Waals surface area contributed by atoms with Gasteiger partial charge in [0.25, 0.3) is 5.91 Å². The Morgan fingerprint density at radius 3 is 2.28 bits per heavy atom. The summed E-state index contributed by atoms with van der Waals surface area (Å²) in [5, 5.41) is 8.64. The van der Waals surface area contributed by atoms with E-state index in [0.717, 1.165) is 27.7 Å². The Balaban J connectivity index is 1.79. The summed E-state index contributed by atoms with van der Waals surface area (Å²) < 4.78 is 12.4. The molecule has 0 fully saturated rings. The van der Waals surface area contributed by atoms with E-state index in [2.05, 4.69) is 43.3 Å². The molecule has 4 aromatic rings. The van der Waals surface area contributed by atoms with Gasteiger partial charge in [-0.3, -0.25) is 4.79 Å². The summed E-state index contributed by atoms with van der Waals surface area (Å²) in [6.07, 6.45) is 0. The molecule has 1 N–H and O–H groups in total. The molecule has 7 heteroatoms. The van der Waals surface area contributed by atoms with Gasteiger partial charge < -0.3 is 14.8 Å². The third-order valence-corrected chi connectivity index (χ3v) is 5.39. The molecule has 0 atom stereocenters. The first-order chi connectivity index (χ1) is 15.3. The highest BCUT2D eigenvalue weighted by molar-refractivity contribution is 6.08. The largest absolute Gasteiger partial charge is 0.496 e. The summed E-state index contributed by atoms with van der Waals surface area (Å²) in [5.41, 5.74) is 5.37. The number of amides is 1. The first kappa shape index (κ1) is 21.4. The zero-order chi connectivity index (χ0) is 23.0. The Labute approximate surface area is 187 Å². The minimum absolute atomic E-state index is 0.317. The average molecular weight is 431 g/mol. The molecule has 0 unspecified atom stereocenters. The summed E-state index contributed by atoms with van der Waals surface area (Å²) in [4.78, 5) is 18.1. The van der Waals surface area contributed by atoms with Crippen LogP contribution in [0.15, 0.2) is 42.5 Å². The van der Waals surface area contributed by atoms with Crippen LogP contribution >= 0.6 is 0 Å². The van der Waals surface area contributed by atoms with E-state index in [-0.39, 0.29) is 5.91 Å². The number of rotatable bonds is 5. The van der Waals surface area contributed by atoms with Gasteiger partial charge in [-0.05, 0) is 63.1 Å². The lowest BCUT2D eigenvalue weighted by molar-refractivity contribution is 0.102. The van der Waals surface area contributed by atoms with Crippen molar-refractivity contribution in [3.63, 3.8) is 0 Å². The van der Waals surface area contributed by atoms with Crippen LogP contribution in [0.4, 0.5) is 5.82 Å². The van der Waals surface area contributed by atoms with Gasteiger partial charge in [-0.1, -0.05) is 17.7 Å². The van der Waals surface area contributed by atoms with E-state index < -0.39 is 0 Å². The van der Waals surface area contributed by atoms with Crippen molar-refractivity contribution in [3.8, 4) is 17.3 Å². The number of ether oxygens (including phenoxy) is 2. The van der Waals surface area contributed by atoms with Gasteiger partial charge >= 0.3 is 0 Å². The van der Waals surface area contributed by atoms with E-state index >= 15 is 0 Å². The highest BCUT2D eigenvalue weighted by Gasteiger charge is 2.21. The number of aromatic nitrogens is 3. The normalized spacial score (nSPS) is 10.9. The minimum atomic E-state index is -0.357. The van der Waals surface area contributed by atoms with Crippen LogP contribution in [-0.4, -0.2) is 34.9 Å². The lowest BCUT2D eigenvalue weighted by atomic mass is 10.0. The Morgan fingerprint density at radius 2 is 1.62 bits per heavy atom. The molecule has 7 nitrogen and oxygen atoms in total. The van der Waals surface area contributed by atoms with Crippen molar-refractivity contribution in [2.45, 2.75) is 27.7 Å². The third-order valence-electron chi connectivity index (χ3n) is 5.39. The second kappa shape index (κ2) is 8.34. The number of nitrogens with one attached hydrogen (secondary N) is 1. The summed E-state index contributed by atoms with van der Waals surface area (Å²) >= 11 is 0. The van der Waals surface area contributed by atoms with Gasteiger partial charge in [-0.15, -0.1) is 0 Å². The molecule has 0 aliphatic rings. The van der Waals surface area contributed by atoms with Crippen LogP contribution in [0.2, 0.25) is 0 Å². The topological polar surface area (TPSA) is 78.3 Å². The number of pyridine rings is 1. The molecule has 0 radical (unpaired) electrons. The number of methoxy groups -OCH3 is 2. The van der Waals surface area contributed by atoms with Gasteiger partial charge in [0.05, 0.1) is 25.4 Å². The number of anilines is 1. The monoisotopic (exact) mass is 430 g/mol. The minimum Gasteiger partial charge on any atom is -0.496 e. The van der Waals surface area contributed by atoms with E-state index in [9.17, 15) is 4.79 Å². The van der Waals surface area contributed by atoms with Crippen molar-refractivity contribution in [2.24, 2.45) is 0 Å². The predicted octanol–water partition coefficient (Wildman–Crippen LogP) is 4.92. The molecule has 2 aromatic carbocycles. The quantitative estimate of drug-likeness (QED) is 0.486. The van der Waals surface area contributed by atoms with Gasteiger partial charge in [-0.25, -0.2) is 4.98 Å². The van der Waals surface area contributed by atoms with Crippen molar-refractivity contribution >= 4 is 22.6 Å². The summed E-state index contributed by atoms with van der Waals surface area (Å²) in [7, 11) is 3.04. The number of fused-ring (bicyclic) bond motifs is 1. The SMILES string of the molecule is COc1cccc(OC)c1C(=O)Nc1cc(C)nn1-c1cc(C)c2cc(C)cc(C)c2n1. The number of hydrogen-bond acceptors (Lipinski definition) is 5. The smallest absolute Gasteiger partial charge is 0.264 e. The molecule has 164 valence electrons. The zero-order valence-electron chi connectivity index (χ0n) is 19.1. The van der Waals surface area contributed by atoms with Gasteiger partial charge in [0, 0.05) is 11.5 Å². The number of hydrogen-bond donors (Lipinski definition) is 1. The van der Waals surface area contributed by atoms with E-state index in [0.29, 0.717) is 28.7 Å². The van der Waals surface area contributed by atoms with Crippen molar-refractivity contribution in [1.29, 1.82) is 0 Å². The molecule has 2 heterocycles. The molecule has 0 spiro atoms. The molecule has 4 rings (SSSR count). The van der Waals surface area contributed by atoms with Crippen LogP contribution in [0.1, 0.15) is 32.7 Å². The Hall–Kier alpha value is -3.87. The van der Waals surface area contributed by atoms with Crippen LogP contribution in [0, 0.1) is 27.7 Å². The maximum absolute atomic E-state index is 13.2. The van der Waals surface area contributed by atoms with E-state index in [4.69, 9.17) is 14.5 Å². The Morgan fingerprint density at radius 1 is 0.938 bits per heavy atom. The lowest BCUT2D eigenvalue weighted by Gasteiger charge is -2.14. The standard InChI is InChI=1S/C25H26N4O3/c1-14-10-16(3)24-18(11-14)15(2)12-21(26-24)29-22(13-17(4)28-29)27-25(30)23-19(31-5)8-7-9-20(23)32-6/h7-13H,1-6H3,(H,27,30). The molecule has 32 heavy (non-hydrogen) atoms. The van der Waals surface area contributed by atoms with Gasteiger partial charge in [0.2, 0.25) is 0 Å². The van der Waals surface area contributed by atoms with E-state index in [1.165, 1.54) is 19.8 Å². The first-order valence-corrected chi connectivity index (χ1v) is 10.3. The summed E-state index contributed by atoms with van der Waals surface area (Å²) in [6, 6.07) is 13.3. The van der Waals surface area contributed by atoms with Crippen LogP contribution < -0.4 is 14.8 Å². The molecular formula is C25H26N4O3. The van der Waals surface area contributed by atoms with Crippen molar-refractivity contribution in [3.05, 3.63) is 70.4 Å². The summed E-state index contributed by atoms with van der Waals surface area (Å²) in [6.45, 7) is 8.06. The fraction of sp³-hybridized carbons (Fsp3) is 0.240. The molecule has 0 bridgehead atoms. The van der Waals surface area contributed by atoms with Gasteiger partial charge in [-0.2, -0.15) is 9.78 Å². The van der Waals surface area contributed by atoms with Crippen LogP contribution in [0.3, 0.4) is 0 Å². The van der Waals surface area contributed by atoms with Crippen molar-refractivity contribution < 1.29 is 14.3 Å². The second-order valence-electron chi connectivity index (χ2n) is 7.85. The van der Waals surface area contributed by atoms with E-state index in [1.807, 2.05) is 19.1 Å². The van der Waals surface area contributed by atoms with Gasteiger partial charge in [0.15, 0.2) is 5.82 Å². The number of carbonyl (C=O) groups is 1. The fourth-order valence-electron chi connectivity index (χ4n) is 3.95. The van der Waals surface area contributed by atoms with Crippen molar-refractivity contribution in [2.75, 3.05) is 19.5 Å². The molecule has 0 saturated carbocycles. The van der Waals surface area contributed by atoms with Gasteiger partial charge in [0.1, 0.15) is 22.9 Å². The maximum atomic E-state index is 13.2. The summed E-state index contributed by atoms with van der Waals surface area (Å²) in [5.74, 6) is 1.64. The zero-order valence-corrected chi connectivity index (χ0v) is 19.1. The average Bonchev–Trinajstić information content (AvgIpc) is 3.13. The fourth-order valence-corrected chi connectivity index (χ4v) is 3.95. The number of aryl methyl sites for hydroxylation is 4. The highest BCUT2D eigenvalue weighted by Crippen LogP contribution is 2.30. The second-order valence-corrected chi connectivity index (χ2v) is 7.85. The first-order valence-electron chi connectivity index (χ1n) is 10.3.